The Kier molecular flexibility index (Phi) is 6.65. The molecule has 2 N–H and O–H groups in total. The third-order valence-corrected chi connectivity index (χ3v) is 3.86. The molecule has 1 fully saturated rings. The maximum atomic E-state index is 9.64. The number of rotatable bonds is 5. The molecule has 0 aromatic heterocycles. The van der Waals surface area contributed by atoms with Gasteiger partial charge in [-0.2, -0.15) is 0 Å². The van der Waals surface area contributed by atoms with Crippen LogP contribution in [-0.2, 0) is 4.74 Å². The van der Waals surface area contributed by atoms with Gasteiger partial charge in [0.15, 0.2) is 5.90 Å². The van der Waals surface area contributed by atoms with Crippen molar-refractivity contribution in [3.05, 3.63) is 0 Å². The molecule has 1 saturated heterocycles. The van der Waals surface area contributed by atoms with E-state index in [4.69, 9.17) is 10.1 Å². The maximum absolute atomic E-state index is 9.64. The highest BCUT2D eigenvalue weighted by Crippen LogP contribution is 2.15. The molecule has 0 saturated carbocycles. The zero-order valence-corrected chi connectivity index (χ0v) is 12.0. The molecule has 1 heterocycles. The molecule has 0 aliphatic carbocycles. The Morgan fingerprint density at radius 2 is 2.00 bits per heavy atom. The second kappa shape index (κ2) is 7.74. The third-order valence-electron chi connectivity index (χ3n) is 3.86. The van der Waals surface area contributed by atoms with E-state index in [9.17, 15) is 5.11 Å². The third kappa shape index (κ3) is 4.58. The summed E-state index contributed by atoms with van der Waals surface area (Å²) in [5.74, 6) is 0.375. The molecule has 4 heteroatoms. The number of hydrogen-bond donors (Lipinski definition) is 2. The highest BCUT2D eigenvalue weighted by atomic mass is 16.5. The molecule has 1 aliphatic rings. The molecular formula is C14H28N2O2. The molecule has 0 bridgehead atoms. The normalized spacial score (nSPS) is 23.7. The lowest BCUT2D eigenvalue weighted by Gasteiger charge is -2.29. The summed E-state index contributed by atoms with van der Waals surface area (Å²) < 4.78 is 5.71. The molecular weight excluding hydrogens is 228 g/mol. The largest absolute Gasteiger partial charge is 0.477 e. The highest BCUT2D eigenvalue weighted by Gasteiger charge is 2.24. The minimum absolute atomic E-state index is 0.0240. The lowest BCUT2D eigenvalue weighted by molar-refractivity contribution is 0.136. The number of ether oxygens (including phenoxy) is 1. The summed E-state index contributed by atoms with van der Waals surface area (Å²) in [5.41, 5.74) is 0. The molecule has 1 aliphatic heterocycles. The first-order valence-electron chi connectivity index (χ1n) is 7.25. The SMILES string of the molecule is CCC(CC)OC(=N)C(C)N1CCCC(O)CC1. The van der Waals surface area contributed by atoms with Crippen molar-refractivity contribution in [2.24, 2.45) is 0 Å². The zero-order chi connectivity index (χ0) is 13.5. The Hall–Kier alpha value is -0.610. The van der Waals surface area contributed by atoms with Gasteiger partial charge in [-0.1, -0.05) is 13.8 Å². The van der Waals surface area contributed by atoms with Crippen LogP contribution in [0.1, 0.15) is 52.9 Å². The Morgan fingerprint density at radius 3 is 2.61 bits per heavy atom. The second-order valence-corrected chi connectivity index (χ2v) is 5.22. The van der Waals surface area contributed by atoms with E-state index >= 15 is 0 Å². The van der Waals surface area contributed by atoms with Crippen LogP contribution in [0.5, 0.6) is 0 Å². The lowest BCUT2D eigenvalue weighted by Crippen LogP contribution is -2.41. The van der Waals surface area contributed by atoms with Crippen LogP contribution in [0, 0.1) is 5.41 Å². The molecule has 18 heavy (non-hydrogen) atoms. The lowest BCUT2D eigenvalue weighted by atomic mass is 10.2. The average molecular weight is 256 g/mol. The van der Waals surface area contributed by atoms with Gasteiger partial charge in [0.05, 0.1) is 18.2 Å². The fourth-order valence-corrected chi connectivity index (χ4v) is 2.39. The van der Waals surface area contributed by atoms with Crippen molar-refractivity contribution in [1.29, 1.82) is 5.41 Å². The summed E-state index contributed by atoms with van der Waals surface area (Å²) in [4.78, 5) is 2.25. The van der Waals surface area contributed by atoms with Gasteiger partial charge in [0.25, 0.3) is 0 Å². The molecule has 0 amide bonds. The number of hydrogen-bond acceptors (Lipinski definition) is 4. The van der Waals surface area contributed by atoms with Gasteiger partial charge in [-0.05, 0) is 45.6 Å². The molecule has 0 radical (unpaired) electrons. The van der Waals surface area contributed by atoms with Gasteiger partial charge < -0.3 is 9.84 Å². The van der Waals surface area contributed by atoms with Crippen LogP contribution in [0.4, 0.5) is 0 Å². The number of aliphatic hydroxyl groups is 1. The Morgan fingerprint density at radius 1 is 1.33 bits per heavy atom. The molecule has 2 unspecified atom stereocenters. The van der Waals surface area contributed by atoms with E-state index in [0.29, 0.717) is 5.90 Å². The van der Waals surface area contributed by atoms with Gasteiger partial charge >= 0.3 is 0 Å². The van der Waals surface area contributed by atoms with E-state index < -0.39 is 0 Å². The smallest absolute Gasteiger partial charge is 0.198 e. The molecule has 0 aromatic rings. The van der Waals surface area contributed by atoms with E-state index in [1.807, 2.05) is 6.92 Å². The maximum Gasteiger partial charge on any atom is 0.198 e. The minimum atomic E-state index is -0.170. The van der Waals surface area contributed by atoms with Crippen molar-refractivity contribution >= 4 is 5.90 Å². The van der Waals surface area contributed by atoms with Crippen LogP contribution in [-0.4, -0.2) is 47.2 Å². The summed E-state index contributed by atoms with van der Waals surface area (Å²) in [6.45, 7) is 8.02. The van der Waals surface area contributed by atoms with E-state index in [2.05, 4.69) is 18.7 Å². The number of nitrogens with zero attached hydrogens (tertiary/aromatic N) is 1. The van der Waals surface area contributed by atoms with Crippen molar-refractivity contribution in [2.75, 3.05) is 13.1 Å². The number of likely N-dealkylation sites (tertiary alicyclic amines) is 1. The topological polar surface area (TPSA) is 56.5 Å². The fourth-order valence-electron chi connectivity index (χ4n) is 2.39. The quantitative estimate of drug-likeness (QED) is 0.586. The molecule has 4 nitrogen and oxygen atoms in total. The van der Waals surface area contributed by atoms with Crippen molar-refractivity contribution in [2.45, 2.75) is 71.1 Å². The number of aliphatic hydroxyl groups excluding tert-OH is 1. The first-order valence-corrected chi connectivity index (χ1v) is 7.25. The Bertz CT molecular complexity index is 254. The van der Waals surface area contributed by atoms with E-state index in [1.165, 1.54) is 0 Å². The highest BCUT2D eigenvalue weighted by molar-refractivity contribution is 5.78. The van der Waals surface area contributed by atoms with Crippen molar-refractivity contribution in [3.63, 3.8) is 0 Å². The average Bonchev–Trinajstić information content (AvgIpc) is 2.59. The van der Waals surface area contributed by atoms with Crippen molar-refractivity contribution in [1.82, 2.24) is 4.90 Å². The Labute approximate surface area is 111 Å². The second-order valence-electron chi connectivity index (χ2n) is 5.22. The first-order chi connectivity index (χ1) is 8.58. The van der Waals surface area contributed by atoms with E-state index in [0.717, 1.165) is 45.2 Å². The molecule has 0 aromatic carbocycles. The van der Waals surface area contributed by atoms with Crippen LogP contribution in [0.2, 0.25) is 0 Å². The fraction of sp³-hybridized carbons (Fsp3) is 0.929. The van der Waals surface area contributed by atoms with Gasteiger partial charge in [0.1, 0.15) is 0 Å². The summed E-state index contributed by atoms with van der Waals surface area (Å²) in [5, 5.41) is 17.7. The van der Waals surface area contributed by atoms with Crippen LogP contribution >= 0.6 is 0 Å². The molecule has 2 atom stereocenters. The van der Waals surface area contributed by atoms with Gasteiger partial charge in [0, 0.05) is 6.54 Å². The van der Waals surface area contributed by atoms with Crippen LogP contribution < -0.4 is 0 Å². The molecule has 1 rings (SSSR count). The zero-order valence-electron chi connectivity index (χ0n) is 12.0. The van der Waals surface area contributed by atoms with Gasteiger partial charge in [-0.15, -0.1) is 0 Å². The van der Waals surface area contributed by atoms with Gasteiger partial charge in [-0.25, -0.2) is 0 Å². The minimum Gasteiger partial charge on any atom is -0.477 e. The van der Waals surface area contributed by atoms with Gasteiger partial charge in [0.2, 0.25) is 0 Å². The van der Waals surface area contributed by atoms with E-state index in [1.54, 1.807) is 0 Å². The summed E-state index contributed by atoms with van der Waals surface area (Å²) >= 11 is 0. The van der Waals surface area contributed by atoms with Crippen LogP contribution in [0.3, 0.4) is 0 Å². The summed E-state index contributed by atoms with van der Waals surface area (Å²) in [7, 11) is 0. The summed E-state index contributed by atoms with van der Waals surface area (Å²) in [6.07, 6.45) is 4.58. The predicted molar refractivity (Wildman–Crippen MR) is 74.1 cm³/mol. The predicted octanol–water partition coefficient (Wildman–Crippen LogP) is 2.40. The first kappa shape index (κ1) is 15.4. The van der Waals surface area contributed by atoms with Crippen LogP contribution in [0.25, 0.3) is 0 Å². The Balaban J connectivity index is 2.46. The molecule has 0 spiro atoms. The van der Waals surface area contributed by atoms with Crippen molar-refractivity contribution < 1.29 is 9.84 Å². The standard InChI is InChI=1S/C14H28N2O2/c1-4-13(5-2)18-14(15)11(3)16-9-6-7-12(17)8-10-16/h11-13,15,17H,4-10H2,1-3H3. The van der Waals surface area contributed by atoms with Gasteiger partial charge in [-0.3, -0.25) is 10.3 Å². The summed E-state index contributed by atoms with van der Waals surface area (Å²) in [6, 6.07) is 0.0240. The van der Waals surface area contributed by atoms with E-state index in [-0.39, 0.29) is 18.2 Å². The monoisotopic (exact) mass is 256 g/mol. The molecule has 106 valence electrons. The van der Waals surface area contributed by atoms with Crippen molar-refractivity contribution in [3.8, 4) is 0 Å². The number of nitrogens with one attached hydrogen (secondary N) is 1. The van der Waals surface area contributed by atoms with Crippen LogP contribution in [0.15, 0.2) is 0 Å².